The third-order valence-corrected chi connectivity index (χ3v) is 4.44. The normalized spacial score (nSPS) is 24.0. The smallest absolute Gasteiger partial charge is 0.251 e. The van der Waals surface area contributed by atoms with E-state index in [9.17, 15) is 9.90 Å². The molecule has 4 nitrogen and oxygen atoms in total. The van der Waals surface area contributed by atoms with Gasteiger partial charge in [0.15, 0.2) is 0 Å². The molecule has 0 aromatic heterocycles. The fourth-order valence-electron chi connectivity index (χ4n) is 3.13. The van der Waals surface area contributed by atoms with Gasteiger partial charge in [0.05, 0.1) is 6.10 Å². The Morgan fingerprint density at radius 1 is 1.24 bits per heavy atom. The van der Waals surface area contributed by atoms with E-state index in [4.69, 9.17) is 0 Å². The predicted octanol–water partition coefficient (Wildman–Crippen LogP) is 1.30. The quantitative estimate of drug-likeness (QED) is 0.788. The van der Waals surface area contributed by atoms with Crippen molar-refractivity contribution in [2.75, 3.05) is 19.6 Å². The van der Waals surface area contributed by atoms with Crippen molar-refractivity contribution < 1.29 is 9.90 Å². The van der Waals surface area contributed by atoms with Crippen LogP contribution in [0, 0.1) is 5.92 Å². The number of amides is 1. The van der Waals surface area contributed by atoms with Gasteiger partial charge in [0, 0.05) is 31.1 Å². The van der Waals surface area contributed by atoms with Crippen molar-refractivity contribution in [1.29, 1.82) is 0 Å². The van der Waals surface area contributed by atoms with Crippen LogP contribution in [0.1, 0.15) is 34.3 Å². The molecule has 1 aromatic carbocycles. The van der Waals surface area contributed by atoms with Gasteiger partial charge in [0.25, 0.3) is 5.91 Å². The molecule has 1 fully saturated rings. The number of halogens is 1. The number of aliphatic hydroxyl groups is 1. The number of carbonyl (C=O) groups is 1. The molecule has 0 radical (unpaired) electrons. The van der Waals surface area contributed by atoms with Crippen molar-refractivity contribution in [2.45, 2.75) is 31.8 Å². The average Bonchev–Trinajstić information content (AvgIpc) is 2.89. The molecule has 0 saturated carbocycles. The van der Waals surface area contributed by atoms with Crippen molar-refractivity contribution in [1.82, 2.24) is 10.6 Å². The lowest BCUT2D eigenvalue weighted by molar-refractivity contribution is 0.0927. The summed E-state index contributed by atoms with van der Waals surface area (Å²) in [5, 5.41) is 15.8. The first-order valence-electron chi connectivity index (χ1n) is 7.53. The third kappa shape index (κ3) is 3.76. The van der Waals surface area contributed by atoms with Gasteiger partial charge in [-0.25, -0.2) is 0 Å². The second kappa shape index (κ2) is 7.25. The van der Waals surface area contributed by atoms with Crippen LogP contribution >= 0.6 is 12.4 Å². The van der Waals surface area contributed by atoms with Gasteiger partial charge in [-0.3, -0.25) is 4.79 Å². The number of hydrogen-bond donors (Lipinski definition) is 3. The van der Waals surface area contributed by atoms with E-state index < -0.39 is 0 Å². The molecule has 0 spiro atoms. The second-order valence-corrected chi connectivity index (χ2v) is 5.89. The molecule has 1 heterocycles. The highest BCUT2D eigenvalue weighted by molar-refractivity contribution is 5.94. The van der Waals surface area contributed by atoms with Crippen molar-refractivity contribution in [3.05, 3.63) is 34.9 Å². The number of hydrogen-bond acceptors (Lipinski definition) is 3. The van der Waals surface area contributed by atoms with Crippen LogP contribution in [0.15, 0.2) is 18.2 Å². The molecular formula is C16H23ClN2O2. The minimum atomic E-state index is -0.348. The second-order valence-electron chi connectivity index (χ2n) is 5.89. The first-order valence-corrected chi connectivity index (χ1v) is 7.53. The van der Waals surface area contributed by atoms with Crippen LogP contribution in [0.3, 0.4) is 0 Å². The molecule has 1 saturated heterocycles. The van der Waals surface area contributed by atoms with E-state index in [0.717, 1.165) is 24.9 Å². The van der Waals surface area contributed by atoms with Crippen LogP contribution in [0.4, 0.5) is 0 Å². The van der Waals surface area contributed by atoms with Crippen LogP contribution in [0.25, 0.3) is 0 Å². The van der Waals surface area contributed by atoms with Gasteiger partial charge in [-0.05, 0) is 48.9 Å². The predicted molar refractivity (Wildman–Crippen MR) is 85.0 cm³/mol. The maximum absolute atomic E-state index is 12.2. The number of β-amino-alcohol motifs (C(OH)–C–C–N with tert-alkyl or cyclic N) is 1. The Kier molecular flexibility index (Phi) is 5.62. The summed E-state index contributed by atoms with van der Waals surface area (Å²) >= 11 is 0. The summed E-state index contributed by atoms with van der Waals surface area (Å²) in [6.07, 6.45) is 4.35. The van der Waals surface area contributed by atoms with E-state index in [0.29, 0.717) is 13.1 Å². The highest BCUT2D eigenvalue weighted by atomic mass is 35.5. The molecule has 1 amide bonds. The fourth-order valence-corrected chi connectivity index (χ4v) is 3.13. The Morgan fingerprint density at radius 3 is 2.71 bits per heavy atom. The first kappa shape index (κ1) is 16.3. The summed E-state index contributed by atoms with van der Waals surface area (Å²) in [6, 6.07) is 6.05. The molecule has 21 heavy (non-hydrogen) atoms. The molecule has 1 aromatic rings. The Bertz CT molecular complexity index is 507. The van der Waals surface area contributed by atoms with Gasteiger partial charge >= 0.3 is 0 Å². The van der Waals surface area contributed by atoms with Crippen molar-refractivity contribution in [3.8, 4) is 0 Å². The van der Waals surface area contributed by atoms with E-state index in [2.05, 4.69) is 16.7 Å². The highest BCUT2D eigenvalue weighted by Gasteiger charge is 2.25. The lowest BCUT2D eigenvalue weighted by atomic mass is 9.90. The standard InChI is InChI=1S/C16H22N2O2.ClH/c19-15-10-17-8-14(15)9-18-16(20)13-6-5-11-3-1-2-4-12(11)7-13;/h5-7,14-15,17,19H,1-4,8-10H2,(H,18,20);1H. The van der Waals surface area contributed by atoms with E-state index in [1.165, 1.54) is 24.0 Å². The van der Waals surface area contributed by atoms with Crippen molar-refractivity contribution >= 4 is 18.3 Å². The SMILES string of the molecule is Cl.O=C(NCC1CNCC1O)c1ccc2c(c1)CCCC2. The lowest BCUT2D eigenvalue weighted by Gasteiger charge is -2.17. The molecule has 5 heteroatoms. The van der Waals surface area contributed by atoms with Crippen LogP contribution in [0.2, 0.25) is 0 Å². The first-order chi connectivity index (χ1) is 9.74. The van der Waals surface area contributed by atoms with E-state index in [1.807, 2.05) is 12.1 Å². The van der Waals surface area contributed by atoms with Crippen LogP contribution in [-0.2, 0) is 12.8 Å². The van der Waals surface area contributed by atoms with Crippen LogP contribution < -0.4 is 10.6 Å². The molecule has 2 aliphatic rings. The number of fused-ring (bicyclic) bond motifs is 1. The maximum Gasteiger partial charge on any atom is 0.251 e. The lowest BCUT2D eigenvalue weighted by Crippen LogP contribution is -2.34. The molecule has 2 atom stereocenters. The van der Waals surface area contributed by atoms with Gasteiger partial charge in [0.2, 0.25) is 0 Å². The molecule has 3 N–H and O–H groups in total. The van der Waals surface area contributed by atoms with Crippen molar-refractivity contribution in [2.24, 2.45) is 5.92 Å². The van der Waals surface area contributed by atoms with Crippen LogP contribution in [0.5, 0.6) is 0 Å². The van der Waals surface area contributed by atoms with E-state index in [1.54, 1.807) is 0 Å². The van der Waals surface area contributed by atoms with Crippen LogP contribution in [-0.4, -0.2) is 36.8 Å². The minimum absolute atomic E-state index is 0. The summed E-state index contributed by atoms with van der Waals surface area (Å²) in [6.45, 7) is 1.93. The Labute approximate surface area is 131 Å². The Hall–Kier alpha value is -1.10. The number of rotatable bonds is 3. The monoisotopic (exact) mass is 310 g/mol. The van der Waals surface area contributed by atoms with E-state index >= 15 is 0 Å². The van der Waals surface area contributed by atoms with Gasteiger partial charge in [-0.15, -0.1) is 12.4 Å². The number of carbonyl (C=O) groups excluding carboxylic acids is 1. The zero-order chi connectivity index (χ0) is 13.9. The topological polar surface area (TPSA) is 61.4 Å². The maximum atomic E-state index is 12.2. The summed E-state index contributed by atoms with van der Waals surface area (Å²) in [5.41, 5.74) is 3.46. The average molecular weight is 311 g/mol. The number of benzene rings is 1. The van der Waals surface area contributed by atoms with Crippen molar-refractivity contribution in [3.63, 3.8) is 0 Å². The molecule has 1 aliphatic heterocycles. The number of aliphatic hydroxyl groups excluding tert-OH is 1. The summed E-state index contributed by atoms with van der Waals surface area (Å²) < 4.78 is 0. The Balaban J connectivity index is 0.00000161. The summed E-state index contributed by atoms with van der Waals surface area (Å²) in [4.78, 5) is 12.2. The van der Waals surface area contributed by atoms with E-state index in [-0.39, 0.29) is 30.3 Å². The zero-order valence-corrected chi connectivity index (χ0v) is 12.9. The largest absolute Gasteiger partial charge is 0.391 e. The Morgan fingerprint density at radius 2 is 2.00 bits per heavy atom. The molecule has 0 bridgehead atoms. The summed E-state index contributed by atoms with van der Waals surface area (Å²) in [7, 11) is 0. The molecule has 3 rings (SSSR count). The van der Waals surface area contributed by atoms with Gasteiger partial charge < -0.3 is 15.7 Å². The van der Waals surface area contributed by atoms with Gasteiger partial charge in [-0.2, -0.15) is 0 Å². The zero-order valence-electron chi connectivity index (χ0n) is 12.1. The van der Waals surface area contributed by atoms with Gasteiger partial charge in [-0.1, -0.05) is 6.07 Å². The highest BCUT2D eigenvalue weighted by Crippen LogP contribution is 2.22. The molecule has 1 aliphatic carbocycles. The molecule has 116 valence electrons. The fraction of sp³-hybridized carbons (Fsp3) is 0.562. The third-order valence-electron chi connectivity index (χ3n) is 4.44. The van der Waals surface area contributed by atoms with Gasteiger partial charge in [0.1, 0.15) is 0 Å². The number of aryl methyl sites for hydroxylation is 2. The summed E-state index contributed by atoms with van der Waals surface area (Å²) in [5.74, 6) is 0.0917. The molecule has 2 unspecified atom stereocenters. The molecular weight excluding hydrogens is 288 g/mol. The number of nitrogens with one attached hydrogen (secondary N) is 2. The minimum Gasteiger partial charge on any atom is -0.391 e.